The van der Waals surface area contributed by atoms with Crippen LogP contribution < -0.4 is 10.9 Å². The second kappa shape index (κ2) is 4.89. The molecule has 0 bridgehead atoms. The average molecular weight is 266 g/mol. The molecule has 0 aliphatic rings. The van der Waals surface area contributed by atoms with E-state index in [0.29, 0.717) is 6.07 Å². The summed E-state index contributed by atoms with van der Waals surface area (Å²) in [5.74, 6) is -3.09. The topological polar surface area (TPSA) is 82.2 Å². The van der Waals surface area contributed by atoms with Crippen molar-refractivity contribution in [2.24, 2.45) is 0 Å². The van der Waals surface area contributed by atoms with Crippen LogP contribution in [0.2, 0.25) is 0 Å². The lowest BCUT2D eigenvalue weighted by atomic mass is 10.2. The van der Waals surface area contributed by atoms with Gasteiger partial charge in [-0.25, -0.2) is 8.78 Å². The van der Waals surface area contributed by atoms with E-state index in [-0.39, 0.29) is 11.3 Å². The third-order valence-electron chi connectivity index (χ3n) is 2.33. The zero-order valence-corrected chi connectivity index (χ0v) is 9.41. The summed E-state index contributed by atoms with van der Waals surface area (Å²) >= 11 is 0. The number of rotatable bonds is 2. The third kappa shape index (κ3) is 2.76. The van der Waals surface area contributed by atoms with Gasteiger partial charge in [0.15, 0.2) is 0 Å². The lowest BCUT2D eigenvalue weighted by molar-refractivity contribution is 0.102. The summed E-state index contributed by atoms with van der Waals surface area (Å²) in [5, 5.41) is 11.6. The number of nitrogens with one attached hydrogen (secondary N) is 2. The molecule has 98 valence electrons. The van der Waals surface area contributed by atoms with Crippen LogP contribution in [0.1, 0.15) is 10.4 Å². The monoisotopic (exact) mass is 266 g/mol. The number of aromatic nitrogens is 1. The van der Waals surface area contributed by atoms with Gasteiger partial charge < -0.3 is 15.4 Å². The van der Waals surface area contributed by atoms with Gasteiger partial charge in [-0.05, 0) is 12.1 Å². The Hall–Kier alpha value is -2.70. The summed E-state index contributed by atoms with van der Waals surface area (Å²) in [6, 6.07) is 3.45. The first-order valence-electron chi connectivity index (χ1n) is 5.15. The molecular formula is C12H8F2N2O3. The number of aromatic hydroxyl groups is 1. The molecule has 0 radical (unpaired) electrons. The first-order valence-corrected chi connectivity index (χ1v) is 5.15. The Kier molecular flexibility index (Phi) is 3.28. The van der Waals surface area contributed by atoms with Crippen molar-refractivity contribution in [3.8, 4) is 5.75 Å². The van der Waals surface area contributed by atoms with Crippen LogP contribution in [0, 0.1) is 11.6 Å². The first kappa shape index (κ1) is 12.7. The molecule has 1 amide bonds. The number of halogens is 2. The summed E-state index contributed by atoms with van der Waals surface area (Å²) in [5.41, 5.74) is -1.05. The van der Waals surface area contributed by atoms with E-state index in [0.717, 1.165) is 24.4 Å². The van der Waals surface area contributed by atoms with Gasteiger partial charge in [-0.15, -0.1) is 0 Å². The van der Waals surface area contributed by atoms with Gasteiger partial charge in [0.1, 0.15) is 17.4 Å². The highest BCUT2D eigenvalue weighted by atomic mass is 19.1. The Morgan fingerprint density at radius 2 is 2.00 bits per heavy atom. The number of anilines is 1. The van der Waals surface area contributed by atoms with Crippen LogP contribution in [0.4, 0.5) is 14.5 Å². The highest BCUT2D eigenvalue weighted by Crippen LogP contribution is 2.18. The minimum atomic E-state index is -0.947. The fraction of sp³-hybridized carbons (Fsp3) is 0. The van der Waals surface area contributed by atoms with Crippen molar-refractivity contribution in [3.05, 3.63) is 58.0 Å². The van der Waals surface area contributed by atoms with Crippen molar-refractivity contribution < 1.29 is 18.7 Å². The van der Waals surface area contributed by atoms with Crippen molar-refractivity contribution in [3.63, 3.8) is 0 Å². The molecular weight excluding hydrogens is 258 g/mol. The molecule has 19 heavy (non-hydrogen) atoms. The van der Waals surface area contributed by atoms with Crippen molar-refractivity contribution in [1.82, 2.24) is 4.98 Å². The second-order valence-electron chi connectivity index (χ2n) is 3.67. The van der Waals surface area contributed by atoms with Gasteiger partial charge in [0.25, 0.3) is 11.5 Å². The van der Waals surface area contributed by atoms with E-state index < -0.39 is 28.9 Å². The maximum absolute atomic E-state index is 13.3. The molecule has 0 unspecified atom stereocenters. The van der Waals surface area contributed by atoms with E-state index >= 15 is 0 Å². The normalized spacial score (nSPS) is 10.2. The molecule has 0 saturated heterocycles. The third-order valence-corrected chi connectivity index (χ3v) is 2.33. The van der Waals surface area contributed by atoms with Crippen molar-refractivity contribution in [1.29, 1.82) is 0 Å². The minimum Gasteiger partial charge on any atom is -0.507 e. The lowest BCUT2D eigenvalue weighted by Crippen LogP contribution is -2.15. The summed E-state index contributed by atoms with van der Waals surface area (Å²) < 4.78 is 26.0. The zero-order chi connectivity index (χ0) is 14.0. The number of carbonyl (C=O) groups excluding carboxylic acids is 1. The predicted molar refractivity (Wildman–Crippen MR) is 63.0 cm³/mol. The highest BCUT2D eigenvalue weighted by molar-refractivity contribution is 6.05. The molecule has 5 nitrogen and oxygen atoms in total. The van der Waals surface area contributed by atoms with E-state index in [2.05, 4.69) is 10.3 Å². The van der Waals surface area contributed by atoms with Crippen LogP contribution in [0.15, 0.2) is 35.3 Å². The van der Waals surface area contributed by atoms with Crippen LogP contribution in [0.3, 0.4) is 0 Å². The summed E-state index contributed by atoms with van der Waals surface area (Å²) in [6.45, 7) is 0. The van der Waals surface area contributed by atoms with Gasteiger partial charge in [-0.1, -0.05) is 0 Å². The summed E-state index contributed by atoms with van der Waals surface area (Å²) in [6.07, 6.45) is 0.994. The van der Waals surface area contributed by atoms with Gasteiger partial charge >= 0.3 is 0 Å². The second-order valence-corrected chi connectivity index (χ2v) is 3.67. The largest absolute Gasteiger partial charge is 0.507 e. The fourth-order valence-electron chi connectivity index (χ4n) is 1.42. The molecule has 0 spiro atoms. The molecule has 0 atom stereocenters. The van der Waals surface area contributed by atoms with E-state index in [9.17, 15) is 23.5 Å². The Bertz CT molecular complexity index is 698. The van der Waals surface area contributed by atoms with Crippen LogP contribution >= 0.6 is 0 Å². The number of hydrogen-bond acceptors (Lipinski definition) is 3. The molecule has 2 rings (SSSR count). The van der Waals surface area contributed by atoms with Crippen molar-refractivity contribution in [2.75, 3.05) is 5.32 Å². The minimum absolute atomic E-state index is 0.233. The van der Waals surface area contributed by atoms with E-state index in [1.54, 1.807) is 0 Å². The predicted octanol–water partition coefficient (Wildman–Crippen LogP) is 1.61. The van der Waals surface area contributed by atoms with E-state index in [4.69, 9.17) is 0 Å². The quantitative estimate of drug-likeness (QED) is 0.772. The Morgan fingerprint density at radius 1 is 1.26 bits per heavy atom. The van der Waals surface area contributed by atoms with Gasteiger partial charge in [0.2, 0.25) is 0 Å². The Balaban J connectivity index is 2.28. The molecule has 0 fully saturated rings. The smallest absolute Gasteiger partial charge is 0.260 e. The molecule has 0 saturated carbocycles. The number of aromatic amines is 1. The molecule has 0 aliphatic heterocycles. The Morgan fingerprint density at radius 3 is 2.63 bits per heavy atom. The zero-order valence-electron chi connectivity index (χ0n) is 9.41. The van der Waals surface area contributed by atoms with Gasteiger partial charge in [0.05, 0.1) is 11.3 Å². The first-order chi connectivity index (χ1) is 8.97. The summed E-state index contributed by atoms with van der Waals surface area (Å²) in [7, 11) is 0. The molecule has 1 heterocycles. The van der Waals surface area contributed by atoms with Gasteiger partial charge in [-0.3, -0.25) is 9.59 Å². The number of amides is 1. The van der Waals surface area contributed by atoms with Crippen LogP contribution in [-0.2, 0) is 0 Å². The number of hydrogen-bond donors (Lipinski definition) is 3. The van der Waals surface area contributed by atoms with Gasteiger partial charge in [0, 0.05) is 18.3 Å². The molecule has 1 aromatic carbocycles. The fourth-order valence-corrected chi connectivity index (χ4v) is 1.42. The van der Waals surface area contributed by atoms with Crippen LogP contribution in [-0.4, -0.2) is 16.0 Å². The molecule has 3 N–H and O–H groups in total. The van der Waals surface area contributed by atoms with Gasteiger partial charge in [-0.2, -0.15) is 0 Å². The summed E-state index contributed by atoms with van der Waals surface area (Å²) in [4.78, 5) is 24.8. The van der Waals surface area contributed by atoms with Crippen LogP contribution in [0.25, 0.3) is 0 Å². The molecule has 1 aromatic heterocycles. The van der Waals surface area contributed by atoms with E-state index in [1.165, 1.54) is 0 Å². The number of benzene rings is 1. The Labute approximate surface area is 105 Å². The van der Waals surface area contributed by atoms with Crippen LogP contribution in [0.5, 0.6) is 5.75 Å². The number of carbonyl (C=O) groups is 1. The van der Waals surface area contributed by atoms with E-state index in [1.807, 2.05) is 0 Å². The number of pyridine rings is 1. The molecule has 0 aliphatic carbocycles. The average Bonchev–Trinajstić information content (AvgIpc) is 2.32. The maximum Gasteiger partial charge on any atom is 0.260 e. The molecule has 2 aromatic rings. The number of H-pyrrole nitrogens is 1. The SMILES string of the molecule is O=C(Nc1ccc(F)cc1F)c1c[nH]c(=O)cc1O. The molecule has 7 heteroatoms. The van der Waals surface area contributed by atoms with Crippen molar-refractivity contribution >= 4 is 11.6 Å². The highest BCUT2D eigenvalue weighted by Gasteiger charge is 2.14. The standard InChI is InChI=1S/C12H8F2N2O3/c13-6-1-2-9(8(14)3-6)16-12(19)7-5-15-11(18)4-10(7)17/h1-5H,(H,16,19)(H2,15,17,18). The maximum atomic E-state index is 13.3. The lowest BCUT2D eigenvalue weighted by Gasteiger charge is -2.07. The van der Waals surface area contributed by atoms with Crippen molar-refractivity contribution in [2.45, 2.75) is 0 Å².